The largest absolute Gasteiger partial charge is 0.493 e. The molecule has 2 heteroatoms. The highest BCUT2D eigenvalue weighted by Gasteiger charge is 2.37. The fraction of sp³-hybridized carbons (Fsp3) is 0.625. The van der Waals surface area contributed by atoms with Crippen molar-refractivity contribution in [2.24, 2.45) is 17.1 Å². The first-order valence-corrected chi connectivity index (χ1v) is 7.22. The van der Waals surface area contributed by atoms with Gasteiger partial charge in [-0.25, -0.2) is 0 Å². The van der Waals surface area contributed by atoms with Crippen molar-refractivity contribution in [3.63, 3.8) is 0 Å². The number of rotatable bonds is 3. The van der Waals surface area contributed by atoms with Crippen molar-refractivity contribution in [2.45, 2.75) is 38.5 Å². The summed E-state index contributed by atoms with van der Waals surface area (Å²) in [6.07, 6.45) is 7.94. The van der Waals surface area contributed by atoms with Gasteiger partial charge in [-0.2, -0.15) is 0 Å². The molecule has 0 radical (unpaired) electrons. The number of hydrogen-bond donors (Lipinski definition) is 1. The Bertz CT molecular complexity index is 411. The highest BCUT2D eigenvalue weighted by molar-refractivity contribution is 5.36. The predicted molar refractivity (Wildman–Crippen MR) is 73.7 cm³/mol. The third kappa shape index (κ3) is 2.26. The molecule has 1 aromatic carbocycles. The summed E-state index contributed by atoms with van der Waals surface area (Å²) in [6.45, 7) is 1.55. The van der Waals surface area contributed by atoms with Gasteiger partial charge in [-0.1, -0.05) is 43.9 Å². The van der Waals surface area contributed by atoms with E-state index in [-0.39, 0.29) is 5.41 Å². The van der Waals surface area contributed by atoms with Gasteiger partial charge in [0.2, 0.25) is 0 Å². The van der Waals surface area contributed by atoms with Crippen molar-refractivity contribution < 1.29 is 4.74 Å². The van der Waals surface area contributed by atoms with E-state index in [2.05, 4.69) is 18.2 Å². The van der Waals surface area contributed by atoms with Crippen molar-refractivity contribution >= 4 is 0 Å². The standard InChI is InChI=1S/C16H23NO/c17-11-16(9-13-5-1-2-6-13)10-14-7-3-4-8-15(14)18-12-16/h3-4,7-8,13H,1-2,5-6,9-12,17H2. The average Bonchev–Trinajstić information content (AvgIpc) is 2.91. The van der Waals surface area contributed by atoms with E-state index in [9.17, 15) is 0 Å². The predicted octanol–water partition coefficient (Wildman–Crippen LogP) is 3.15. The molecule has 1 aromatic rings. The third-order valence-electron chi connectivity index (χ3n) is 4.70. The van der Waals surface area contributed by atoms with Gasteiger partial charge in [0.05, 0.1) is 6.61 Å². The lowest BCUT2D eigenvalue weighted by molar-refractivity contribution is 0.0985. The van der Waals surface area contributed by atoms with Gasteiger partial charge in [0, 0.05) is 12.0 Å². The number of fused-ring (bicyclic) bond motifs is 1. The molecule has 3 rings (SSSR count). The molecule has 2 nitrogen and oxygen atoms in total. The number of nitrogens with two attached hydrogens (primary N) is 1. The molecule has 1 saturated carbocycles. The summed E-state index contributed by atoms with van der Waals surface area (Å²) in [6, 6.07) is 8.41. The summed E-state index contributed by atoms with van der Waals surface area (Å²) in [5.41, 5.74) is 7.62. The molecule has 1 aliphatic heterocycles. The maximum Gasteiger partial charge on any atom is 0.122 e. The number of para-hydroxylation sites is 1. The Labute approximate surface area is 110 Å². The zero-order valence-electron chi connectivity index (χ0n) is 11.0. The Morgan fingerprint density at radius 2 is 2.00 bits per heavy atom. The maximum absolute atomic E-state index is 6.09. The Morgan fingerprint density at radius 1 is 1.22 bits per heavy atom. The van der Waals surface area contributed by atoms with Crippen molar-refractivity contribution in [2.75, 3.05) is 13.2 Å². The SMILES string of the molecule is NCC1(CC2CCCC2)COc2ccccc2C1. The maximum atomic E-state index is 6.09. The van der Waals surface area contributed by atoms with E-state index >= 15 is 0 Å². The monoisotopic (exact) mass is 245 g/mol. The van der Waals surface area contributed by atoms with Crippen LogP contribution in [0, 0.1) is 11.3 Å². The van der Waals surface area contributed by atoms with Crippen LogP contribution in [-0.4, -0.2) is 13.2 Å². The van der Waals surface area contributed by atoms with Gasteiger partial charge < -0.3 is 10.5 Å². The van der Waals surface area contributed by atoms with Crippen LogP contribution in [0.1, 0.15) is 37.7 Å². The zero-order valence-corrected chi connectivity index (χ0v) is 11.0. The van der Waals surface area contributed by atoms with Crippen LogP contribution in [0.3, 0.4) is 0 Å². The first kappa shape index (κ1) is 12.0. The van der Waals surface area contributed by atoms with E-state index in [1.54, 1.807) is 0 Å². The highest BCUT2D eigenvalue weighted by Crippen LogP contribution is 2.41. The van der Waals surface area contributed by atoms with E-state index < -0.39 is 0 Å². The third-order valence-corrected chi connectivity index (χ3v) is 4.70. The summed E-state index contributed by atoms with van der Waals surface area (Å²) >= 11 is 0. The average molecular weight is 245 g/mol. The van der Waals surface area contributed by atoms with Gasteiger partial charge in [-0.3, -0.25) is 0 Å². The Balaban J connectivity index is 1.77. The summed E-state index contributed by atoms with van der Waals surface area (Å²) < 4.78 is 5.96. The topological polar surface area (TPSA) is 35.2 Å². The van der Waals surface area contributed by atoms with Crippen molar-refractivity contribution in [3.05, 3.63) is 29.8 Å². The fourth-order valence-electron chi connectivity index (χ4n) is 3.65. The van der Waals surface area contributed by atoms with E-state index in [1.165, 1.54) is 37.7 Å². The highest BCUT2D eigenvalue weighted by atomic mass is 16.5. The molecular weight excluding hydrogens is 222 g/mol. The molecule has 1 atom stereocenters. The van der Waals surface area contributed by atoms with Crippen molar-refractivity contribution in [3.8, 4) is 5.75 Å². The minimum Gasteiger partial charge on any atom is -0.493 e. The molecule has 0 aromatic heterocycles. The second-order valence-electron chi connectivity index (χ2n) is 6.13. The van der Waals surface area contributed by atoms with Crippen LogP contribution in [0.4, 0.5) is 0 Å². The van der Waals surface area contributed by atoms with Crippen LogP contribution in [0.15, 0.2) is 24.3 Å². The normalized spacial score (nSPS) is 27.8. The molecule has 1 unspecified atom stereocenters. The fourth-order valence-corrected chi connectivity index (χ4v) is 3.65. The minimum absolute atomic E-state index is 0.184. The summed E-state index contributed by atoms with van der Waals surface area (Å²) in [7, 11) is 0. The van der Waals surface area contributed by atoms with E-state index in [0.717, 1.165) is 31.2 Å². The number of hydrogen-bond acceptors (Lipinski definition) is 2. The minimum atomic E-state index is 0.184. The van der Waals surface area contributed by atoms with E-state index in [1.807, 2.05) is 6.07 Å². The second kappa shape index (κ2) is 4.93. The first-order chi connectivity index (χ1) is 8.81. The molecule has 0 spiro atoms. The molecular formula is C16H23NO. The molecule has 0 saturated heterocycles. The lowest BCUT2D eigenvalue weighted by Crippen LogP contribution is -2.42. The van der Waals surface area contributed by atoms with Crippen LogP contribution < -0.4 is 10.5 Å². The Hall–Kier alpha value is -1.02. The Morgan fingerprint density at radius 3 is 2.78 bits per heavy atom. The molecule has 2 N–H and O–H groups in total. The zero-order chi connectivity index (χ0) is 12.4. The van der Waals surface area contributed by atoms with Crippen LogP contribution in [0.2, 0.25) is 0 Å². The number of benzene rings is 1. The van der Waals surface area contributed by atoms with E-state index in [4.69, 9.17) is 10.5 Å². The van der Waals surface area contributed by atoms with Gasteiger partial charge in [0.15, 0.2) is 0 Å². The van der Waals surface area contributed by atoms with Crippen LogP contribution >= 0.6 is 0 Å². The van der Waals surface area contributed by atoms with Crippen LogP contribution in [0.25, 0.3) is 0 Å². The number of ether oxygens (including phenoxy) is 1. The van der Waals surface area contributed by atoms with Gasteiger partial charge in [0.1, 0.15) is 5.75 Å². The molecule has 0 amide bonds. The molecule has 98 valence electrons. The molecule has 1 heterocycles. The van der Waals surface area contributed by atoms with Crippen LogP contribution in [-0.2, 0) is 6.42 Å². The smallest absolute Gasteiger partial charge is 0.122 e. The van der Waals surface area contributed by atoms with Crippen molar-refractivity contribution in [1.29, 1.82) is 0 Å². The van der Waals surface area contributed by atoms with Gasteiger partial charge in [-0.05, 0) is 30.4 Å². The van der Waals surface area contributed by atoms with E-state index in [0.29, 0.717) is 0 Å². The summed E-state index contributed by atoms with van der Waals surface area (Å²) in [5, 5.41) is 0. The summed E-state index contributed by atoms with van der Waals surface area (Å²) in [4.78, 5) is 0. The van der Waals surface area contributed by atoms with Crippen molar-refractivity contribution in [1.82, 2.24) is 0 Å². The second-order valence-corrected chi connectivity index (χ2v) is 6.13. The lowest BCUT2D eigenvalue weighted by Gasteiger charge is -2.39. The van der Waals surface area contributed by atoms with Gasteiger partial charge >= 0.3 is 0 Å². The van der Waals surface area contributed by atoms with Gasteiger partial charge in [-0.15, -0.1) is 0 Å². The molecule has 0 bridgehead atoms. The quantitative estimate of drug-likeness (QED) is 0.888. The molecule has 1 fully saturated rings. The van der Waals surface area contributed by atoms with Crippen LogP contribution in [0.5, 0.6) is 5.75 Å². The Kier molecular flexibility index (Phi) is 3.29. The van der Waals surface area contributed by atoms with Gasteiger partial charge in [0.25, 0.3) is 0 Å². The summed E-state index contributed by atoms with van der Waals surface area (Å²) in [5.74, 6) is 1.94. The lowest BCUT2D eigenvalue weighted by atomic mass is 9.73. The first-order valence-electron chi connectivity index (χ1n) is 7.22. The molecule has 2 aliphatic rings. The molecule has 18 heavy (non-hydrogen) atoms. The molecule has 1 aliphatic carbocycles.